The average Bonchev–Trinajstić information content (AvgIpc) is 2.52. The summed E-state index contributed by atoms with van der Waals surface area (Å²) in [4.78, 5) is 4.06. The number of aliphatic imine (C=N–C) groups is 1. The summed E-state index contributed by atoms with van der Waals surface area (Å²) < 4.78 is 13.5. The van der Waals surface area contributed by atoms with Crippen molar-refractivity contribution in [3.05, 3.63) is 35.6 Å². The van der Waals surface area contributed by atoms with Gasteiger partial charge in [0, 0.05) is 12.1 Å². The molecule has 0 saturated carbocycles. The number of benzene rings is 1. The van der Waals surface area contributed by atoms with E-state index in [0.717, 1.165) is 13.0 Å². The number of hydrogen-bond donors (Lipinski definition) is 3. The second-order valence-corrected chi connectivity index (χ2v) is 5.46. The van der Waals surface area contributed by atoms with Crippen molar-refractivity contribution in [1.29, 1.82) is 0 Å². The molecule has 0 aliphatic heterocycles. The number of nitrogens with zero attached hydrogens (tertiary/aromatic N) is 1. The molecule has 1 aromatic carbocycles. The number of rotatable bonds is 10. The molecule has 0 saturated heterocycles. The fourth-order valence-corrected chi connectivity index (χ4v) is 2.21. The highest BCUT2D eigenvalue weighted by molar-refractivity contribution is 5.77. The van der Waals surface area contributed by atoms with Gasteiger partial charge in [0.25, 0.3) is 0 Å². The van der Waals surface area contributed by atoms with Gasteiger partial charge in [-0.2, -0.15) is 0 Å². The van der Waals surface area contributed by atoms with Crippen molar-refractivity contribution in [2.45, 2.75) is 51.6 Å². The van der Waals surface area contributed by atoms with Crippen molar-refractivity contribution < 1.29 is 9.50 Å². The molecule has 0 bridgehead atoms. The Morgan fingerprint density at radius 1 is 1.23 bits per heavy atom. The molecule has 0 aromatic heterocycles. The van der Waals surface area contributed by atoms with Gasteiger partial charge in [0.15, 0.2) is 5.96 Å². The summed E-state index contributed by atoms with van der Waals surface area (Å²) >= 11 is 0. The van der Waals surface area contributed by atoms with Crippen molar-refractivity contribution in [3.63, 3.8) is 0 Å². The van der Waals surface area contributed by atoms with E-state index in [4.69, 9.17) is 5.73 Å². The Bertz CT molecular complexity index is 451. The summed E-state index contributed by atoms with van der Waals surface area (Å²) in [5, 5.41) is 12.9. The monoisotopic (exact) mass is 309 g/mol. The van der Waals surface area contributed by atoms with Gasteiger partial charge in [0.1, 0.15) is 11.9 Å². The lowest BCUT2D eigenvalue weighted by atomic mass is 10.1. The summed E-state index contributed by atoms with van der Waals surface area (Å²) in [5.41, 5.74) is 5.98. The van der Waals surface area contributed by atoms with Crippen LogP contribution in [0.15, 0.2) is 29.3 Å². The average molecular weight is 309 g/mol. The highest BCUT2D eigenvalue weighted by Crippen LogP contribution is 2.16. The van der Waals surface area contributed by atoms with Crippen molar-refractivity contribution in [2.75, 3.05) is 13.1 Å². The van der Waals surface area contributed by atoms with Crippen LogP contribution in [-0.2, 0) is 0 Å². The molecule has 0 spiro atoms. The topological polar surface area (TPSA) is 70.6 Å². The van der Waals surface area contributed by atoms with E-state index in [1.165, 1.54) is 38.2 Å². The van der Waals surface area contributed by atoms with Crippen LogP contribution in [0.5, 0.6) is 0 Å². The smallest absolute Gasteiger partial charge is 0.188 e. The van der Waals surface area contributed by atoms with Crippen LogP contribution in [0.4, 0.5) is 4.39 Å². The third kappa shape index (κ3) is 7.41. The Morgan fingerprint density at radius 2 is 1.91 bits per heavy atom. The van der Waals surface area contributed by atoms with Gasteiger partial charge in [-0.1, -0.05) is 57.2 Å². The normalized spacial score (nSPS) is 13.1. The molecule has 1 unspecified atom stereocenters. The van der Waals surface area contributed by atoms with Gasteiger partial charge in [-0.3, -0.25) is 4.99 Å². The summed E-state index contributed by atoms with van der Waals surface area (Å²) in [6.07, 6.45) is 6.34. The maximum Gasteiger partial charge on any atom is 0.188 e. The minimum absolute atomic E-state index is 0.0519. The van der Waals surface area contributed by atoms with Crippen LogP contribution in [0.1, 0.15) is 57.1 Å². The molecule has 1 rings (SSSR count). The lowest BCUT2D eigenvalue weighted by Crippen LogP contribution is -2.32. The number of nitrogens with one attached hydrogen (secondary N) is 1. The first-order valence-corrected chi connectivity index (χ1v) is 8.11. The molecule has 22 heavy (non-hydrogen) atoms. The molecule has 0 aliphatic rings. The van der Waals surface area contributed by atoms with Gasteiger partial charge >= 0.3 is 0 Å². The zero-order chi connectivity index (χ0) is 16.2. The van der Waals surface area contributed by atoms with Crippen LogP contribution in [-0.4, -0.2) is 24.2 Å². The third-order valence-electron chi connectivity index (χ3n) is 3.54. The molecule has 4 nitrogen and oxygen atoms in total. The zero-order valence-corrected chi connectivity index (χ0v) is 13.4. The molecular weight excluding hydrogens is 281 g/mol. The van der Waals surface area contributed by atoms with E-state index in [-0.39, 0.29) is 12.1 Å². The van der Waals surface area contributed by atoms with Gasteiger partial charge in [-0.15, -0.1) is 0 Å². The Hall–Kier alpha value is -1.62. The summed E-state index contributed by atoms with van der Waals surface area (Å²) in [7, 11) is 0. The molecule has 4 N–H and O–H groups in total. The SMILES string of the molecule is CCCCCCCCNC(N)=NCC(O)c1ccccc1F. The standard InChI is InChI=1S/C17H28FN3O/c1-2-3-4-5-6-9-12-20-17(19)21-13-16(22)14-10-7-8-11-15(14)18/h7-8,10-11,16,22H,2-6,9,12-13H2,1H3,(H3,19,20,21). The minimum atomic E-state index is -0.976. The quantitative estimate of drug-likeness (QED) is 0.353. The minimum Gasteiger partial charge on any atom is -0.386 e. The summed E-state index contributed by atoms with van der Waals surface area (Å²) in [6.45, 7) is 3.03. The van der Waals surface area contributed by atoms with Gasteiger partial charge in [0.05, 0.1) is 6.54 Å². The molecule has 0 heterocycles. The fourth-order valence-electron chi connectivity index (χ4n) is 2.21. The van der Waals surface area contributed by atoms with Gasteiger partial charge in [-0.25, -0.2) is 4.39 Å². The molecule has 1 atom stereocenters. The molecule has 1 aromatic rings. The van der Waals surface area contributed by atoms with Crippen LogP contribution < -0.4 is 11.1 Å². The van der Waals surface area contributed by atoms with Gasteiger partial charge in [0.2, 0.25) is 0 Å². The predicted molar refractivity (Wildman–Crippen MR) is 89.2 cm³/mol. The van der Waals surface area contributed by atoms with Crippen molar-refractivity contribution >= 4 is 5.96 Å². The van der Waals surface area contributed by atoms with E-state index >= 15 is 0 Å². The van der Waals surface area contributed by atoms with Crippen molar-refractivity contribution in [3.8, 4) is 0 Å². The number of nitrogens with two attached hydrogens (primary N) is 1. The zero-order valence-electron chi connectivity index (χ0n) is 13.4. The highest BCUT2D eigenvalue weighted by atomic mass is 19.1. The Morgan fingerprint density at radius 3 is 2.64 bits per heavy atom. The lowest BCUT2D eigenvalue weighted by Gasteiger charge is -2.10. The van der Waals surface area contributed by atoms with Crippen LogP contribution in [0.3, 0.4) is 0 Å². The molecule has 5 heteroatoms. The fraction of sp³-hybridized carbons (Fsp3) is 0.588. The third-order valence-corrected chi connectivity index (χ3v) is 3.54. The lowest BCUT2D eigenvalue weighted by molar-refractivity contribution is 0.182. The number of halogens is 1. The van der Waals surface area contributed by atoms with Crippen LogP contribution >= 0.6 is 0 Å². The first-order valence-electron chi connectivity index (χ1n) is 8.11. The first kappa shape index (κ1) is 18.4. The molecule has 0 fully saturated rings. The van der Waals surface area contributed by atoms with E-state index in [0.29, 0.717) is 5.96 Å². The molecule has 0 aliphatic carbocycles. The molecule has 124 valence electrons. The largest absolute Gasteiger partial charge is 0.386 e. The van der Waals surface area contributed by atoms with E-state index in [1.54, 1.807) is 18.2 Å². The number of guanidine groups is 1. The molecule has 0 amide bonds. The summed E-state index contributed by atoms with van der Waals surface area (Å²) in [6, 6.07) is 6.15. The van der Waals surface area contributed by atoms with Crippen molar-refractivity contribution in [1.82, 2.24) is 5.32 Å². The Balaban J connectivity index is 2.21. The number of aliphatic hydroxyl groups excluding tert-OH is 1. The van der Waals surface area contributed by atoms with Crippen LogP contribution in [0.25, 0.3) is 0 Å². The number of aliphatic hydroxyl groups is 1. The maximum absolute atomic E-state index is 13.5. The Labute approximate surface area is 132 Å². The first-order chi connectivity index (χ1) is 10.6. The van der Waals surface area contributed by atoms with E-state index < -0.39 is 11.9 Å². The maximum atomic E-state index is 13.5. The highest BCUT2D eigenvalue weighted by Gasteiger charge is 2.11. The van der Waals surface area contributed by atoms with Crippen LogP contribution in [0.2, 0.25) is 0 Å². The van der Waals surface area contributed by atoms with E-state index in [1.807, 2.05) is 0 Å². The summed E-state index contributed by atoms with van der Waals surface area (Å²) in [5.74, 6) is -0.132. The van der Waals surface area contributed by atoms with Crippen LogP contribution in [0, 0.1) is 5.82 Å². The van der Waals surface area contributed by atoms with Gasteiger partial charge in [-0.05, 0) is 12.5 Å². The van der Waals surface area contributed by atoms with Crippen molar-refractivity contribution in [2.24, 2.45) is 10.7 Å². The molecular formula is C17H28FN3O. The molecule has 0 radical (unpaired) electrons. The second-order valence-electron chi connectivity index (χ2n) is 5.46. The van der Waals surface area contributed by atoms with E-state index in [9.17, 15) is 9.50 Å². The number of hydrogen-bond acceptors (Lipinski definition) is 2. The second kappa shape index (κ2) is 11.0. The predicted octanol–water partition coefficient (Wildman–Crippen LogP) is 3.12. The number of unbranched alkanes of at least 4 members (excludes halogenated alkanes) is 5. The van der Waals surface area contributed by atoms with Gasteiger partial charge < -0.3 is 16.2 Å². The Kier molecular flexibility index (Phi) is 9.23. The van der Waals surface area contributed by atoms with E-state index in [2.05, 4.69) is 17.2 Å².